The van der Waals surface area contributed by atoms with Crippen LogP contribution in [-0.4, -0.2) is 77.5 Å². The van der Waals surface area contributed by atoms with E-state index >= 15 is 0 Å². The van der Waals surface area contributed by atoms with Crippen molar-refractivity contribution in [3.63, 3.8) is 0 Å². The third kappa shape index (κ3) is 6.43. The van der Waals surface area contributed by atoms with Crippen molar-refractivity contribution < 1.29 is 14.3 Å². The third-order valence-corrected chi connectivity index (χ3v) is 9.73. The molecule has 4 heterocycles. The van der Waals surface area contributed by atoms with Crippen LogP contribution in [0.25, 0.3) is 5.57 Å². The number of carbonyl (C=O) groups excluding carboxylic acids is 2. The van der Waals surface area contributed by atoms with E-state index in [-0.39, 0.29) is 28.8 Å². The van der Waals surface area contributed by atoms with Crippen molar-refractivity contribution in [1.82, 2.24) is 20.0 Å². The lowest BCUT2D eigenvalue weighted by atomic mass is 9.87. The smallest absolute Gasteiger partial charge is 0.243 e. The predicted octanol–water partition coefficient (Wildman–Crippen LogP) is 4.66. The Bertz CT molecular complexity index is 1350. The Morgan fingerprint density at radius 1 is 1.02 bits per heavy atom. The lowest BCUT2D eigenvalue weighted by Gasteiger charge is -2.38. The van der Waals surface area contributed by atoms with E-state index in [0.717, 1.165) is 56.3 Å². The second-order valence-corrected chi connectivity index (χ2v) is 13.3. The summed E-state index contributed by atoms with van der Waals surface area (Å²) in [6.07, 6.45) is 1.83. The molecule has 9 heteroatoms. The zero-order valence-corrected chi connectivity index (χ0v) is 25.5. The number of hydrogen-bond acceptors (Lipinski definition) is 7. The Morgan fingerprint density at radius 3 is 2.44 bits per heavy atom. The fourth-order valence-electron chi connectivity index (χ4n) is 6.59. The van der Waals surface area contributed by atoms with Crippen LogP contribution in [0.1, 0.15) is 60.7 Å². The maximum atomic E-state index is 12.5. The molecule has 0 aliphatic carbocycles. The fraction of sp³-hybridized carbons (Fsp3) is 0.500. The maximum Gasteiger partial charge on any atom is 0.243 e. The molecule has 2 saturated heterocycles. The molecule has 2 aromatic rings. The van der Waals surface area contributed by atoms with Crippen molar-refractivity contribution >= 4 is 41.6 Å². The molecule has 4 aliphatic rings. The van der Waals surface area contributed by atoms with Crippen molar-refractivity contribution in [1.29, 1.82) is 0 Å². The Morgan fingerprint density at radius 2 is 1.73 bits per heavy atom. The number of piperidine rings is 1. The Labute approximate surface area is 253 Å². The Kier molecular flexibility index (Phi) is 8.33. The van der Waals surface area contributed by atoms with Gasteiger partial charge in [-0.2, -0.15) is 12.6 Å². The second-order valence-electron chi connectivity index (χ2n) is 12.4. The molecule has 0 aromatic heterocycles. The van der Waals surface area contributed by atoms with Gasteiger partial charge in [0.05, 0.1) is 23.6 Å². The molecule has 2 atom stereocenters. The molecule has 0 spiro atoms. The first-order valence-corrected chi connectivity index (χ1v) is 15.5. The Hall–Kier alpha value is -2.20. The van der Waals surface area contributed by atoms with E-state index in [4.69, 9.17) is 29.0 Å². The summed E-state index contributed by atoms with van der Waals surface area (Å²) in [4.78, 5) is 31.3. The van der Waals surface area contributed by atoms with E-state index < -0.39 is 0 Å². The molecule has 0 radical (unpaired) electrons. The highest BCUT2D eigenvalue weighted by Gasteiger charge is 2.39. The van der Waals surface area contributed by atoms with Gasteiger partial charge in [0.15, 0.2) is 0 Å². The van der Waals surface area contributed by atoms with Crippen molar-refractivity contribution in [2.45, 2.75) is 63.2 Å². The molecular formula is C32H39ClN4O3S. The van der Waals surface area contributed by atoms with E-state index in [0.29, 0.717) is 26.0 Å². The summed E-state index contributed by atoms with van der Waals surface area (Å²) in [7, 11) is 0. The molecule has 7 nitrogen and oxygen atoms in total. The summed E-state index contributed by atoms with van der Waals surface area (Å²) >= 11 is 11.0. The molecule has 41 heavy (non-hydrogen) atoms. The van der Waals surface area contributed by atoms with E-state index in [1.807, 2.05) is 12.1 Å². The molecule has 218 valence electrons. The number of rotatable bonds is 6. The lowest BCUT2D eigenvalue weighted by Crippen LogP contribution is -2.51. The SMILES string of the molecule is CC1(C)CC(c2ccc(Cl)cc2)=C(CN2CCN(Cc3ccc4c(c3)CN(C3CCC(=O)NC3=O)C4S)CC2)CO1. The predicted molar refractivity (Wildman–Crippen MR) is 165 cm³/mol. The maximum absolute atomic E-state index is 12.5. The zero-order chi connectivity index (χ0) is 28.7. The highest BCUT2D eigenvalue weighted by Crippen LogP contribution is 2.40. The fourth-order valence-corrected chi connectivity index (χ4v) is 7.21. The average Bonchev–Trinajstić information content (AvgIpc) is 3.26. The summed E-state index contributed by atoms with van der Waals surface area (Å²) in [5.41, 5.74) is 7.53. The summed E-state index contributed by atoms with van der Waals surface area (Å²) < 4.78 is 6.23. The minimum atomic E-state index is -0.310. The van der Waals surface area contributed by atoms with Gasteiger partial charge in [0.1, 0.15) is 0 Å². The number of piperazine rings is 1. The van der Waals surface area contributed by atoms with Crippen molar-refractivity contribution in [2.75, 3.05) is 39.3 Å². The first-order chi connectivity index (χ1) is 19.6. The highest BCUT2D eigenvalue weighted by molar-refractivity contribution is 7.80. The monoisotopic (exact) mass is 594 g/mol. The number of ether oxygens (including phenoxy) is 1. The molecule has 2 aromatic carbocycles. The van der Waals surface area contributed by atoms with Gasteiger partial charge >= 0.3 is 0 Å². The Balaban J connectivity index is 1.06. The number of thiol groups is 1. The van der Waals surface area contributed by atoms with Gasteiger partial charge in [0, 0.05) is 63.7 Å². The van der Waals surface area contributed by atoms with Crippen LogP contribution in [0.4, 0.5) is 0 Å². The van der Waals surface area contributed by atoms with Crippen LogP contribution in [0.15, 0.2) is 48.0 Å². The van der Waals surface area contributed by atoms with Crippen LogP contribution >= 0.6 is 24.2 Å². The largest absolute Gasteiger partial charge is 0.371 e. The number of fused-ring (bicyclic) bond motifs is 1. The van der Waals surface area contributed by atoms with Gasteiger partial charge in [-0.25, -0.2) is 0 Å². The molecule has 2 amide bonds. The molecule has 2 unspecified atom stereocenters. The molecular weight excluding hydrogens is 556 g/mol. The molecule has 4 aliphatic heterocycles. The number of imide groups is 1. The van der Waals surface area contributed by atoms with Crippen LogP contribution in [0.2, 0.25) is 5.02 Å². The lowest BCUT2D eigenvalue weighted by molar-refractivity contribution is -0.137. The molecule has 6 rings (SSSR count). The summed E-state index contributed by atoms with van der Waals surface area (Å²) in [6.45, 7) is 11.6. The molecule has 0 bridgehead atoms. The van der Waals surface area contributed by atoms with Crippen LogP contribution < -0.4 is 5.32 Å². The quantitative estimate of drug-likeness (QED) is 0.375. The molecule has 2 fully saturated rings. The van der Waals surface area contributed by atoms with Crippen molar-refractivity contribution in [2.24, 2.45) is 0 Å². The number of nitrogens with zero attached hydrogens (tertiary/aromatic N) is 3. The number of amides is 2. The van der Waals surface area contributed by atoms with Gasteiger partial charge < -0.3 is 4.74 Å². The van der Waals surface area contributed by atoms with E-state index in [2.05, 4.69) is 64.2 Å². The summed E-state index contributed by atoms with van der Waals surface area (Å²) in [5.74, 6) is -0.387. The van der Waals surface area contributed by atoms with Crippen LogP contribution in [0.5, 0.6) is 0 Å². The van der Waals surface area contributed by atoms with Gasteiger partial charge in [-0.3, -0.25) is 29.6 Å². The van der Waals surface area contributed by atoms with Gasteiger partial charge in [-0.15, -0.1) is 0 Å². The first kappa shape index (κ1) is 28.9. The average molecular weight is 595 g/mol. The van der Waals surface area contributed by atoms with Gasteiger partial charge in [-0.05, 0) is 65.8 Å². The number of halogens is 1. The molecule has 1 N–H and O–H groups in total. The van der Waals surface area contributed by atoms with E-state index in [1.165, 1.54) is 27.8 Å². The standard InChI is InChI=1S/C32H39ClN4O3S/c1-32(2)16-27(22-4-6-25(33)7-5-22)24(20-40-32)18-36-13-11-35(12-14-36)17-21-3-8-26-23(15-21)19-37(31(26)41)28-9-10-29(38)34-30(28)39/h3-8,15,28,31,41H,9-14,16-20H2,1-2H3,(H,34,38,39). The van der Waals surface area contributed by atoms with E-state index in [9.17, 15) is 9.59 Å². The zero-order valence-electron chi connectivity index (χ0n) is 23.9. The minimum Gasteiger partial charge on any atom is -0.371 e. The minimum absolute atomic E-state index is 0.132. The van der Waals surface area contributed by atoms with E-state index in [1.54, 1.807) is 0 Å². The van der Waals surface area contributed by atoms with Crippen LogP contribution in [0.3, 0.4) is 0 Å². The highest BCUT2D eigenvalue weighted by atomic mass is 35.5. The number of carbonyl (C=O) groups is 2. The van der Waals surface area contributed by atoms with Gasteiger partial charge in [0.2, 0.25) is 11.8 Å². The van der Waals surface area contributed by atoms with Crippen molar-refractivity contribution in [3.05, 3.63) is 75.3 Å². The van der Waals surface area contributed by atoms with Gasteiger partial charge in [0.25, 0.3) is 0 Å². The summed E-state index contributed by atoms with van der Waals surface area (Å²) in [6, 6.07) is 14.6. The normalized spacial score (nSPS) is 25.9. The van der Waals surface area contributed by atoms with Gasteiger partial charge in [-0.1, -0.05) is 41.9 Å². The number of benzene rings is 2. The number of nitrogens with one attached hydrogen (secondary N) is 1. The van der Waals surface area contributed by atoms with Crippen LogP contribution in [-0.2, 0) is 27.4 Å². The second kappa shape index (κ2) is 11.8. The third-order valence-electron chi connectivity index (χ3n) is 8.91. The van der Waals surface area contributed by atoms with Crippen LogP contribution in [0, 0.1) is 0 Å². The molecule has 0 saturated carbocycles. The number of hydrogen-bond donors (Lipinski definition) is 2. The summed E-state index contributed by atoms with van der Waals surface area (Å²) in [5, 5.41) is 3.12. The first-order valence-electron chi connectivity index (χ1n) is 14.6. The van der Waals surface area contributed by atoms with Crippen molar-refractivity contribution in [3.8, 4) is 0 Å². The topological polar surface area (TPSA) is 65.1 Å².